The summed E-state index contributed by atoms with van der Waals surface area (Å²) in [6.07, 6.45) is -0.526. The van der Waals surface area contributed by atoms with Crippen LogP contribution in [0, 0.1) is 5.82 Å². The Morgan fingerprint density at radius 3 is 3.00 bits per heavy atom. The molecule has 0 aliphatic carbocycles. The molecule has 0 bridgehead atoms. The van der Waals surface area contributed by atoms with Crippen LogP contribution in [0.15, 0.2) is 36.6 Å². The van der Waals surface area contributed by atoms with Gasteiger partial charge in [0.15, 0.2) is 11.5 Å². The molecule has 31 heavy (non-hydrogen) atoms. The second-order valence-corrected chi connectivity index (χ2v) is 6.73. The number of fused-ring (bicyclic) bond motifs is 1. The van der Waals surface area contributed by atoms with Gasteiger partial charge < -0.3 is 19.5 Å². The van der Waals surface area contributed by atoms with Crippen molar-refractivity contribution in [3.8, 4) is 11.5 Å². The highest BCUT2D eigenvalue weighted by atomic mass is 35.5. The van der Waals surface area contributed by atoms with Crippen LogP contribution in [0.4, 0.5) is 15.9 Å². The number of rotatable bonds is 8. The minimum atomic E-state index is -3.04. The summed E-state index contributed by atoms with van der Waals surface area (Å²) < 4.78 is 110. The number of benzene rings is 2. The van der Waals surface area contributed by atoms with Crippen molar-refractivity contribution >= 4 is 34.0 Å². The number of nitrogens with one attached hydrogen (secondary N) is 1. The van der Waals surface area contributed by atoms with Crippen molar-refractivity contribution in [2.24, 2.45) is 0 Å². The minimum absolute atomic E-state index is 0.0401. The zero-order chi connectivity index (χ0) is 30.3. The number of hydrogen-bond donors (Lipinski definition) is 1. The van der Waals surface area contributed by atoms with E-state index in [1.165, 1.54) is 12.1 Å². The average Bonchev–Trinajstić information content (AvgIpc) is 2.83. The smallest absolute Gasteiger partial charge is 0.162 e. The Kier molecular flexibility index (Phi) is 4.03. The molecule has 0 saturated carbocycles. The summed E-state index contributed by atoms with van der Waals surface area (Å²) >= 11 is 5.86. The van der Waals surface area contributed by atoms with Crippen molar-refractivity contribution in [2.75, 3.05) is 51.7 Å². The third-order valence-electron chi connectivity index (χ3n) is 4.25. The molecular weight excluding hydrogens is 423 g/mol. The molecular formula is C22H24ClFN4O3. The van der Waals surface area contributed by atoms with Crippen molar-refractivity contribution in [1.82, 2.24) is 14.9 Å². The Hall–Kier alpha value is -2.68. The molecule has 1 aliphatic rings. The van der Waals surface area contributed by atoms with E-state index in [0.717, 1.165) is 11.0 Å². The van der Waals surface area contributed by atoms with Gasteiger partial charge in [0.1, 0.15) is 19.3 Å². The molecule has 1 fully saturated rings. The Morgan fingerprint density at radius 1 is 1.32 bits per heavy atom. The molecule has 0 spiro atoms. The van der Waals surface area contributed by atoms with Crippen LogP contribution >= 0.6 is 11.6 Å². The highest BCUT2D eigenvalue weighted by molar-refractivity contribution is 6.31. The lowest BCUT2D eigenvalue weighted by molar-refractivity contribution is 0.0357. The van der Waals surface area contributed by atoms with Gasteiger partial charge >= 0.3 is 0 Å². The third kappa shape index (κ3) is 5.33. The molecule has 3 aromatic rings. The monoisotopic (exact) mass is 456 g/mol. The van der Waals surface area contributed by atoms with Gasteiger partial charge in [0.2, 0.25) is 0 Å². The van der Waals surface area contributed by atoms with E-state index < -0.39 is 55.7 Å². The van der Waals surface area contributed by atoms with Gasteiger partial charge in [0.25, 0.3) is 0 Å². The van der Waals surface area contributed by atoms with E-state index in [1.807, 2.05) is 0 Å². The highest BCUT2D eigenvalue weighted by Crippen LogP contribution is 2.35. The number of hydrogen-bond acceptors (Lipinski definition) is 7. The molecule has 0 unspecified atom stereocenters. The van der Waals surface area contributed by atoms with E-state index in [4.69, 9.17) is 39.5 Å². The second kappa shape index (κ2) is 10.1. The zero-order valence-corrected chi connectivity index (χ0v) is 16.8. The van der Waals surface area contributed by atoms with E-state index in [1.54, 1.807) is 0 Å². The van der Waals surface area contributed by atoms with E-state index >= 15 is 0 Å². The fraction of sp³-hybridized carbons (Fsp3) is 0.364. The molecule has 0 radical (unpaired) electrons. The van der Waals surface area contributed by atoms with E-state index in [-0.39, 0.29) is 60.2 Å². The summed E-state index contributed by atoms with van der Waals surface area (Å²) in [4.78, 5) is 8.86. The average molecular weight is 457 g/mol. The largest absolute Gasteiger partial charge is 0.493 e. The molecule has 2 heterocycles. The number of halogens is 2. The minimum Gasteiger partial charge on any atom is -0.493 e. The predicted octanol–water partition coefficient (Wildman–Crippen LogP) is 4.28. The molecule has 2 aromatic carbocycles. The van der Waals surface area contributed by atoms with Crippen LogP contribution in [0.1, 0.15) is 20.1 Å². The molecule has 1 aromatic heterocycles. The van der Waals surface area contributed by atoms with Gasteiger partial charge in [-0.3, -0.25) is 4.90 Å². The fourth-order valence-electron chi connectivity index (χ4n) is 2.78. The summed E-state index contributed by atoms with van der Waals surface area (Å²) in [6, 6.07) is 2.58. The Bertz CT molecular complexity index is 1450. The number of aromatic nitrogens is 2. The number of nitrogens with zero attached hydrogens (tertiary/aromatic N) is 3. The molecule has 7 nitrogen and oxygen atoms in total. The second-order valence-electron chi connectivity index (χ2n) is 6.32. The van der Waals surface area contributed by atoms with Crippen LogP contribution in [-0.4, -0.2) is 61.3 Å². The van der Waals surface area contributed by atoms with Crippen molar-refractivity contribution < 1.29 is 32.3 Å². The van der Waals surface area contributed by atoms with Gasteiger partial charge in [-0.15, -0.1) is 0 Å². The quantitative estimate of drug-likeness (QED) is 0.507. The van der Waals surface area contributed by atoms with Gasteiger partial charge in [-0.1, -0.05) is 11.6 Å². The SMILES string of the molecule is [2H]c1nc(Nc2ccc(F)c(Cl)c2)c2c([2H])c(OCCCN3C([2H])([2H])COCC3([2H])[2H])c(OC([2H])([2H])[2H])c([2H])c2n1. The first-order valence-corrected chi connectivity index (χ1v) is 9.59. The molecule has 4 rings (SSSR count). The molecule has 164 valence electrons. The van der Waals surface area contributed by atoms with Crippen molar-refractivity contribution in [3.63, 3.8) is 0 Å². The normalized spacial score (nSPS) is 22.9. The molecule has 1 N–H and O–H groups in total. The van der Waals surface area contributed by atoms with Gasteiger partial charge in [0, 0.05) is 42.1 Å². The standard InChI is InChI=1S/C22H24ClFN4O3/c1-29-20-13-19-16(12-21(20)31-8-2-5-28-6-9-30-10-7-28)22(26-14-25-19)27-15-3-4-18(24)17(23)11-15/h3-4,11-14H,2,5-10H2,1H3,(H,25,26,27)/i1D3,6D2,7D2,12D,13D,14D. The molecule has 1 saturated heterocycles. The Balaban J connectivity index is 1.72. The first-order valence-electron chi connectivity index (χ1n) is 14.2. The molecule has 9 heteroatoms. The first-order chi connectivity index (χ1) is 19.0. The predicted molar refractivity (Wildman–Crippen MR) is 118 cm³/mol. The summed E-state index contributed by atoms with van der Waals surface area (Å²) in [5.74, 6) is -1.90. The maximum absolute atomic E-state index is 13.7. The topological polar surface area (TPSA) is 68.7 Å². The van der Waals surface area contributed by atoms with Crippen LogP contribution in [0.2, 0.25) is 5.02 Å². The van der Waals surface area contributed by atoms with Crippen LogP contribution in [-0.2, 0) is 4.74 Å². The van der Waals surface area contributed by atoms with Crippen LogP contribution in [0.5, 0.6) is 11.5 Å². The zero-order valence-electron chi connectivity index (χ0n) is 26.1. The number of methoxy groups -OCH3 is 1. The maximum atomic E-state index is 13.7. The summed E-state index contributed by atoms with van der Waals surface area (Å²) in [7, 11) is -3.04. The van der Waals surface area contributed by atoms with Gasteiger partial charge in [-0.05, 0) is 30.7 Å². The number of ether oxygens (including phenoxy) is 3. The van der Waals surface area contributed by atoms with E-state index in [2.05, 4.69) is 15.3 Å². The molecule has 1 aliphatic heterocycles. The lowest BCUT2D eigenvalue weighted by atomic mass is 10.2. The van der Waals surface area contributed by atoms with Crippen LogP contribution < -0.4 is 14.8 Å². The Morgan fingerprint density at radius 2 is 2.19 bits per heavy atom. The Labute approximate surface area is 199 Å². The molecule has 0 amide bonds. The molecule has 0 atom stereocenters. The highest BCUT2D eigenvalue weighted by Gasteiger charge is 2.14. The van der Waals surface area contributed by atoms with Crippen LogP contribution in [0.25, 0.3) is 10.9 Å². The lowest BCUT2D eigenvalue weighted by Gasteiger charge is -2.26. The number of morpholine rings is 1. The van der Waals surface area contributed by atoms with Crippen LogP contribution in [0.3, 0.4) is 0 Å². The van der Waals surface area contributed by atoms with Crippen molar-refractivity contribution in [3.05, 3.63) is 47.4 Å². The van der Waals surface area contributed by atoms with Gasteiger partial charge in [-0.2, -0.15) is 0 Å². The van der Waals surface area contributed by atoms with Crippen molar-refractivity contribution in [1.29, 1.82) is 0 Å². The maximum Gasteiger partial charge on any atom is 0.162 e. The fourth-order valence-corrected chi connectivity index (χ4v) is 2.96. The summed E-state index contributed by atoms with van der Waals surface area (Å²) in [6.45, 7) is -5.21. The van der Waals surface area contributed by atoms with E-state index in [0.29, 0.717) is 0 Å². The lowest BCUT2D eigenvalue weighted by Crippen LogP contribution is -2.37. The third-order valence-corrected chi connectivity index (χ3v) is 4.54. The summed E-state index contributed by atoms with van der Waals surface area (Å²) in [5.41, 5.74) is -0.0481. The van der Waals surface area contributed by atoms with Gasteiger partial charge in [-0.25, -0.2) is 14.4 Å². The first kappa shape index (κ1) is 12.4. The van der Waals surface area contributed by atoms with Gasteiger partial charge in [0.05, 0.1) is 44.3 Å². The van der Waals surface area contributed by atoms with E-state index in [9.17, 15) is 4.39 Å². The number of anilines is 2. The van der Waals surface area contributed by atoms with Crippen molar-refractivity contribution in [2.45, 2.75) is 6.42 Å². The summed E-state index contributed by atoms with van der Waals surface area (Å²) in [5, 5.41) is 2.48.